The normalized spacial score (nSPS) is 12.3. The van der Waals surface area contributed by atoms with Crippen LogP contribution in [0.5, 0.6) is 5.75 Å². The summed E-state index contributed by atoms with van der Waals surface area (Å²) in [5, 5.41) is 5.78. The van der Waals surface area contributed by atoms with Gasteiger partial charge in [0.2, 0.25) is 0 Å². The number of ether oxygens (including phenoxy) is 1. The zero-order chi connectivity index (χ0) is 15.1. The fourth-order valence-corrected chi connectivity index (χ4v) is 3.83. The van der Waals surface area contributed by atoms with E-state index in [4.69, 9.17) is 4.74 Å². The van der Waals surface area contributed by atoms with Gasteiger partial charge in [-0.3, -0.25) is 0 Å². The van der Waals surface area contributed by atoms with Crippen LogP contribution in [0.15, 0.2) is 40.2 Å². The Morgan fingerprint density at radius 1 is 1.29 bits per heavy atom. The minimum atomic E-state index is 0.320. The van der Waals surface area contributed by atoms with E-state index in [0.717, 1.165) is 25.1 Å². The predicted molar refractivity (Wildman–Crippen MR) is 94.4 cm³/mol. The maximum atomic E-state index is 5.63. The van der Waals surface area contributed by atoms with Crippen molar-refractivity contribution in [1.82, 2.24) is 5.32 Å². The lowest BCUT2D eigenvalue weighted by molar-refractivity contribution is 0.339. The summed E-state index contributed by atoms with van der Waals surface area (Å²) in [5.74, 6) is 0.948. The van der Waals surface area contributed by atoms with Gasteiger partial charge in [0, 0.05) is 21.8 Å². The van der Waals surface area contributed by atoms with Crippen LogP contribution in [-0.2, 0) is 6.42 Å². The molecule has 0 spiro atoms. The van der Waals surface area contributed by atoms with Crippen molar-refractivity contribution in [3.8, 4) is 5.75 Å². The van der Waals surface area contributed by atoms with Gasteiger partial charge in [0.15, 0.2) is 0 Å². The van der Waals surface area contributed by atoms with Crippen molar-refractivity contribution in [2.75, 3.05) is 13.2 Å². The molecule has 1 unspecified atom stereocenters. The Labute approximate surface area is 139 Å². The van der Waals surface area contributed by atoms with E-state index >= 15 is 0 Å². The summed E-state index contributed by atoms with van der Waals surface area (Å²) in [6, 6.07) is 10.9. The van der Waals surface area contributed by atoms with E-state index in [-0.39, 0.29) is 0 Å². The summed E-state index contributed by atoms with van der Waals surface area (Å²) < 4.78 is 6.83. The van der Waals surface area contributed by atoms with Crippen LogP contribution in [-0.4, -0.2) is 13.2 Å². The van der Waals surface area contributed by atoms with Gasteiger partial charge in [-0.05, 0) is 65.0 Å². The second-order valence-electron chi connectivity index (χ2n) is 4.91. The van der Waals surface area contributed by atoms with Crippen LogP contribution >= 0.6 is 27.3 Å². The molecule has 0 bridgehead atoms. The maximum absolute atomic E-state index is 5.63. The van der Waals surface area contributed by atoms with Crippen molar-refractivity contribution in [3.05, 3.63) is 50.6 Å². The van der Waals surface area contributed by atoms with Crippen LogP contribution < -0.4 is 10.1 Å². The third-order valence-corrected chi connectivity index (χ3v) is 5.24. The predicted octanol–water partition coefficient (Wildman–Crippen LogP) is 5.19. The first-order valence-electron chi connectivity index (χ1n) is 7.42. The van der Waals surface area contributed by atoms with Crippen molar-refractivity contribution >= 4 is 27.3 Å². The summed E-state index contributed by atoms with van der Waals surface area (Å²) in [6.45, 7) is 5.93. The molecule has 0 saturated carbocycles. The highest BCUT2D eigenvalue weighted by atomic mass is 79.9. The van der Waals surface area contributed by atoms with Gasteiger partial charge in [-0.1, -0.05) is 19.1 Å². The largest absolute Gasteiger partial charge is 0.494 e. The molecule has 1 N–H and O–H groups in total. The standard InChI is InChI=1S/C17H22BrNOS/c1-3-9-19-16(12-17-15(18)8-10-21-17)13-6-5-7-14(11-13)20-4-2/h5-8,10-11,16,19H,3-4,9,12H2,1-2H3. The molecule has 1 aromatic heterocycles. The van der Waals surface area contributed by atoms with Gasteiger partial charge in [0.25, 0.3) is 0 Å². The van der Waals surface area contributed by atoms with E-state index in [0.29, 0.717) is 12.6 Å². The molecule has 0 aliphatic rings. The molecule has 0 aliphatic heterocycles. The van der Waals surface area contributed by atoms with Crippen LogP contribution in [0.3, 0.4) is 0 Å². The summed E-state index contributed by atoms with van der Waals surface area (Å²) in [6.07, 6.45) is 2.13. The number of halogens is 1. The molecule has 1 atom stereocenters. The van der Waals surface area contributed by atoms with Gasteiger partial charge < -0.3 is 10.1 Å². The molecule has 0 amide bonds. The van der Waals surface area contributed by atoms with Crippen LogP contribution in [0.4, 0.5) is 0 Å². The van der Waals surface area contributed by atoms with Crippen molar-refractivity contribution < 1.29 is 4.74 Å². The van der Waals surface area contributed by atoms with Gasteiger partial charge in [-0.25, -0.2) is 0 Å². The van der Waals surface area contributed by atoms with Crippen molar-refractivity contribution in [3.63, 3.8) is 0 Å². The van der Waals surface area contributed by atoms with E-state index in [1.807, 2.05) is 13.0 Å². The first kappa shape index (κ1) is 16.5. The van der Waals surface area contributed by atoms with Crippen molar-refractivity contribution in [2.24, 2.45) is 0 Å². The zero-order valence-electron chi connectivity index (χ0n) is 12.6. The van der Waals surface area contributed by atoms with Crippen molar-refractivity contribution in [1.29, 1.82) is 0 Å². The Morgan fingerprint density at radius 2 is 2.14 bits per heavy atom. The minimum absolute atomic E-state index is 0.320. The molecule has 114 valence electrons. The molecule has 21 heavy (non-hydrogen) atoms. The molecule has 1 aromatic carbocycles. The van der Waals surface area contributed by atoms with Crippen LogP contribution in [0.2, 0.25) is 0 Å². The molecule has 2 nitrogen and oxygen atoms in total. The van der Waals surface area contributed by atoms with Gasteiger partial charge in [0.05, 0.1) is 6.61 Å². The Balaban J connectivity index is 2.18. The fraction of sp³-hybridized carbons (Fsp3) is 0.412. The topological polar surface area (TPSA) is 21.3 Å². The molecule has 0 fully saturated rings. The van der Waals surface area contributed by atoms with Crippen molar-refractivity contribution in [2.45, 2.75) is 32.7 Å². The summed E-state index contributed by atoms with van der Waals surface area (Å²) in [7, 11) is 0. The third kappa shape index (κ3) is 4.83. The number of nitrogens with one attached hydrogen (secondary N) is 1. The summed E-state index contributed by atoms with van der Waals surface area (Å²) >= 11 is 5.44. The summed E-state index contributed by atoms with van der Waals surface area (Å²) in [5.41, 5.74) is 1.29. The van der Waals surface area contributed by atoms with E-state index in [9.17, 15) is 0 Å². The maximum Gasteiger partial charge on any atom is 0.119 e. The third-order valence-electron chi connectivity index (χ3n) is 3.29. The molecular formula is C17H22BrNOS. The Bertz CT molecular complexity index is 555. The number of benzene rings is 1. The van der Waals surface area contributed by atoms with Crippen LogP contribution in [0.25, 0.3) is 0 Å². The smallest absolute Gasteiger partial charge is 0.119 e. The lowest BCUT2D eigenvalue weighted by Crippen LogP contribution is -2.24. The highest BCUT2D eigenvalue weighted by Crippen LogP contribution is 2.29. The number of hydrogen-bond donors (Lipinski definition) is 1. The monoisotopic (exact) mass is 367 g/mol. The average Bonchev–Trinajstić information content (AvgIpc) is 2.89. The van der Waals surface area contributed by atoms with Gasteiger partial charge in [-0.15, -0.1) is 11.3 Å². The molecule has 0 saturated heterocycles. The van der Waals surface area contributed by atoms with E-state index < -0.39 is 0 Å². The second-order valence-corrected chi connectivity index (χ2v) is 6.76. The molecule has 2 rings (SSSR count). The zero-order valence-corrected chi connectivity index (χ0v) is 15.0. The lowest BCUT2D eigenvalue weighted by atomic mass is 10.0. The summed E-state index contributed by atoms with van der Waals surface area (Å²) in [4.78, 5) is 1.38. The number of hydrogen-bond acceptors (Lipinski definition) is 3. The van der Waals surface area contributed by atoms with Gasteiger partial charge >= 0.3 is 0 Å². The average molecular weight is 368 g/mol. The number of thiophene rings is 1. The lowest BCUT2D eigenvalue weighted by Gasteiger charge is -2.19. The highest BCUT2D eigenvalue weighted by molar-refractivity contribution is 9.10. The second kappa shape index (κ2) is 8.57. The molecule has 4 heteroatoms. The Hall–Kier alpha value is -0.840. The molecule has 1 heterocycles. The molecule has 0 radical (unpaired) electrons. The first-order chi connectivity index (χ1) is 10.2. The first-order valence-corrected chi connectivity index (χ1v) is 9.09. The SMILES string of the molecule is CCCNC(Cc1sccc1Br)c1cccc(OCC)c1. The van der Waals surface area contributed by atoms with E-state index in [1.165, 1.54) is 14.9 Å². The van der Waals surface area contributed by atoms with Crippen LogP contribution in [0, 0.1) is 0 Å². The van der Waals surface area contributed by atoms with E-state index in [1.54, 1.807) is 11.3 Å². The highest BCUT2D eigenvalue weighted by Gasteiger charge is 2.14. The quantitative estimate of drug-likeness (QED) is 0.692. The van der Waals surface area contributed by atoms with E-state index in [2.05, 4.69) is 57.8 Å². The molecule has 0 aliphatic carbocycles. The number of rotatable bonds is 8. The molecule has 2 aromatic rings. The Morgan fingerprint density at radius 3 is 2.81 bits per heavy atom. The molecular weight excluding hydrogens is 346 g/mol. The Kier molecular flexibility index (Phi) is 6.74. The van der Waals surface area contributed by atoms with Gasteiger partial charge in [-0.2, -0.15) is 0 Å². The van der Waals surface area contributed by atoms with Crippen LogP contribution in [0.1, 0.15) is 36.8 Å². The minimum Gasteiger partial charge on any atom is -0.494 e. The fourth-order valence-electron chi connectivity index (χ4n) is 2.27. The van der Waals surface area contributed by atoms with Gasteiger partial charge in [0.1, 0.15) is 5.75 Å².